The van der Waals surface area contributed by atoms with Crippen molar-refractivity contribution in [2.24, 2.45) is 0 Å². The number of carboxylic acids is 2. The minimum absolute atomic E-state index is 0.00895. The van der Waals surface area contributed by atoms with E-state index in [1.165, 1.54) is 17.6 Å². The Morgan fingerprint density at radius 3 is 2.17 bits per heavy atom. The minimum atomic E-state index is -1.82. The van der Waals surface area contributed by atoms with Crippen LogP contribution in [0.3, 0.4) is 0 Å². The number of Topliss-reactive ketones (excluding diaryl/α,β-unsaturated/α-hetero) is 1. The molecule has 162 valence electrons. The zero-order chi connectivity index (χ0) is 22.1. The number of aliphatic carboxylic acids is 2. The van der Waals surface area contributed by atoms with Crippen molar-refractivity contribution in [2.75, 3.05) is 44.6 Å². The van der Waals surface area contributed by atoms with Crippen LogP contribution in [-0.4, -0.2) is 87.9 Å². The monoisotopic (exact) mass is 438 g/mol. The summed E-state index contributed by atoms with van der Waals surface area (Å²) in [4.78, 5) is 50.7. The highest BCUT2D eigenvalue weighted by atomic mass is 32.1. The number of piperazine rings is 1. The van der Waals surface area contributed by atoms with Crippen LogP contribution in [0.1, 0.15) is 16.2 Å². The van der Waals surface area contributed by atoms with Gasteiger partial charge in [0.15, 0.2) is 10.9 Å². The second kappa shape index (κ2) is 11.2. The van der Waals surface area contributed by atoms with Gasteiger partial charge in [-0.1, -0.05) is 0 Å². The third-order valence-corrected chi connectivity index (χ3v) is 4.92. The maximum absolute atomic E-state index is 12.0. The molecule has 0 saturated carbocycles. The molecule has 0 atom stereocenters. The Labute approximate surface area is 175 Å². The molecule has 1 fully saturated rings. The number of carbonyl (C=O) groups excluding carboxylic acids is 2. The van der Waals surface area contributed by atoms with Gasteiger partial charge in [-0.2, -0.15) is 0 Å². The second-order valence-electron chi connectivity index (χ2n) is 6.41. The third-order valence-electron chi connectivity index (χ3n) is 4.04. The summed E-state index contributed by atoms with van der Waals surface area (Å²) in [6.07, 6.45) is 1.51. The van der Waals surface area contributed by atoms with Gasteiger partial charge in [0.2, 0.25) is 11.7 Å². The zero-order valence-electron chi connectivity index (χ0n) is 16.2. The predicted molar refractivity (Wildman–Crippen MR) is 107 cm³/mol. The number of furan rings is 1. The number of anilines is 1. The van der Waals surface area contributed by atoms with Crippen LogP contribution in [-0.2, 0) is 14.4 Å². The number of nitrogens with one attached hydrogen (secondary N) is 1. The van der Waals surface area contributed by atoms with Gasteiger partial charge in [0, 0.05) is 31.6 Å². The molecule has 1 aliphatic rings. The number of amides is 1. The number of thiazole rings is 1. The molecule has 0 spiro atoms. The summed E-state index contributed by atoms with van der Waals surface area (Å²) in [7, 11) is 0. The first-order valence-corrected chi connectivity index (χ1v) is 9.82. The summed E-state index contributed by atoms with van der Waals surface area (Å²) >= 11 is 1.43. The fourth-order valence-corrected chi connectivity index (χ4v) is 3.30. The molecule has 0 radical (unpaired) electrons. The van der Waals surface area contributed by atoms with Gasteiger partial charge >= 0.3 is 11.9 Å². The fraction of sp³-hybridized carbons (Fsp3) is 0.389. The van der Waals surface area contributed by atoms with Crippen molar-refractivity contribution < 1.29 is 33.8 Å². The van der Waals surface area contributed by atoms with E-state index in [9.17, 15) is 9.59 Å². The highest BCUT2D eigenvalue weighted by Gasteiger charge is 2.22. The van der Waals surface area contributed by atoms with Crippen LogP contribution >= 0.6 is 11.3 Å². The molecule has 2 aromatic rings. The molecule has 11 nitrogen and oxygen atoms in total. The first-order chi connectivity index (χ1) is 14.2. The SMILES string of the molecule is Cc1csc(NC(=O)CN2CCN(CC(=O)c3ccco3)CC2)n1.O=C(O)C(=O)O. The van der Waals surface area contributed by atoms with Crippen molar-refractivity contribution in [1.29, 1.82) is 0 Å². The van der Waals surface area contributed by atoms with Crippen LogP contribution in [0.25, 0.3) is 0 Å². The largest absolute Gasteiger partial charge is 0.473 e. The number of hydrogen-bond donors (Lipinski definition) is 3. The summed E-state index contributed by atoms with van der Waals surface area (Å²) in [5.74, 6) is -3.31. The van der Waals surface area contributed by atoms with E-state index in [0.29, 0.717) is 24.0 Å². The van der Waals surface area contributed by atoms with E-state index in [1.54, 1.807) is 12.1 Å². The Kier molecular flexibility index (Phi) is 8.65. The average molecular weight is 438 g/mol. The van der Waals surface area contributed by atoms with Gasteiger partial charge in [-0.3, -0.25) is 19.4 Å². The number of carboxylic acid groups (broad SMARTS) is 2. The van der Waals surface area contributed by atoms with Gasteiger partial charge in [0.1, 0.15) is 0 Å². The van der Waals surface area contributed by atoms with Gasteiger partial charge in [0.25, 0.3) is 0 Å². The molecule has 0 aromatic carbocycles. The maximum Gasteiger partial charge on any atom is 0.414 e. The van der Waals surface area contributed by atoms with Crippen LogP contribution in [0, 0.1) is 6.92 Å². The van der Waals surface area contributed by atoms with E-state index in [2.05, 4.69) is 20.1 Å². The predicted octanol–water partition coefficient (Wildman–Crippen LogP) is 0.639. The molecule has 2 aromatic heterocycles. The lowest BCUT2D eigenvalue weighted by Gasteiger charge is -2.33. The highest BCUT2D eigenvalue weighted by Crippen LogP contribution is 2.14. The summed E-state index contributed by atoms with van der Waals surface area (Å²) in [5.41, 5.74) is 0.908. The molecule has 12 heteroatoms. The molecule has 3 N–H and O–H groups in total. The number of aromatic nitrogens is 1. The van der Waals surface area contributed by atoms with Crippen LogP contribution < -0.4 is 5.32 Å². The average Bonchev–Trinajstić information content (AvgIpc) is 3.36. The summed E-state index contributed by atoms with van der Waals surface area (Å²) < 4.78 is 5.12. The molecule has 1 amide bonds. The van der Waals surface area contributed by atoms with Crippen molar-refractivity contribution in [2.45, 2.75) is 6.92 Å². The summed E-state index contributed by atoms with van der Waals surface area (Å²) in [6.45, 7) is 5.64. The Balaban J connectivity index is 0.000000469. The molecule has 3 rings (SSSR count). The highest BCUT2D eigenvalue weighted by molar-refractivity contribution is 7.13. The number of carbonyl (C=O) groups is 4. The van der Waals surface area contributed by atoms with Crippen LogP contribution in [0.2, 0.25) is 0 Å². The lowest BCUT2D eigenvalue weighted by molar-refractivity contribution is -0.159. The minimum Gasteiger partial charge on any atom is -0.473 e. The van der Waals surface area contributed by atoms with Crippen LogP contribution in [0.15, 0.2) is 28.2 Å². The summed E-state index contributed by atoms with van der Waals surface area (Å²) in [6, 6.07) is 3.40. The molecule has 0 bridgehead atoms. The van der Waals surface area contributed by atoms with Crippen molar-refractivity contribution in [3.63, 3.8) is 0 Å². The molecule has 0 unspecified atom stereocenters. The molecule has 1 aliphatic heterocycles. The van der Waals surface area contributed by atoms with Crippen molar-refractivity contribution in [3.8, 4) is 0 Å². The Bertz CT molecular complexity index is 861. The van der Waals surface area contributed by atoms with Crippen molar-refractivity contribution in [1.82, 2.24) is 14.8 Å². The zero-order valence-corrected chi connectivity index (χ0v) is 17.1. The molecule has 3 heterocycles. The van der Waals surface area contributed by atoms with Gasteiger partial charge in [-0.25, -0.2) is 14.6 Å². The van der Waals surface area contributed by atoms with Crippen LogP contribution in [0.4, 0.5) is 5.13 Å². The molecule has 0 aliphatic carbocycles. The van der Waals surface area contributed by atoms with E-state index in [-0.39, 0.29) is 11.7 Å². The first kappa shape index (κ1) is 23.2. The quantitative estimate of drug-likeness (QED) is 0.432. The number of nitrogens with zero attached hydrogens (tertiary/aromatic N) is 3. The molecule has 30 heavy (non-hydrogen) atoms. The topological polar surface area (TPSA) is 153 Å². The van der Waals surface area contributed by atoms with Gasteiger partial charge in [-0.15, -0.1) is 11.3 Å². The van der Waals surface area contributed by atoms with Crippen LogP contribution in [0.5, 0.6) is 0 Å². The fourth-order valence-electron chi connectivity index (χ4n) is 2.60. The summed E-state index contributed by atoms with van der Waals surface area (Å²) in [5, 5.41) is 20.1. The van der Waals surface area contributed by atoms with E-state index in [1.807, 2.05) is 12.3 Å². The van der Waals surface area contributed by atoms with Gasteiger partial charge < -0.3 is 19.9 Å². The molecular weight excluding hydrogens is 416 g/mol. The third kappa shape index (κ3) is 7.73. The number of hydrogen-bond acceptors (Lipinski definition) is 9. The normalized spacial score (nSPS) is 14.4. The van der Waals surface area contributed by atoms with Crippen molar-refractivity contribution >= 4 is 40.1 Å². The Morgan fingerprint density at radius 1 is 1.10 bits per heavy atom. The number of aryl methyl sites for hydroxylation is 1. The van der Waals surface area contributed by atoms with Gasteiger partial charge in [0.05, 0.1) is 25.0 Å². The lowest BCUT2D eigenvalue weighted by Crippen LogP contribution is -2.49. The van der Waals surface area contributed by atoms with E-state index in [4.69, 9.17) is 24.2 Å². The number of ketones is 1. The Hall–Kier alpha value is -3.09. The van der Waals surface area contributed by atoms with E-state index >= 15 is 0 Å². The second-order valence-corrected chi connectivity index (χ2v) is 7.26. The molecular formula is C18H22N4O7S. The van der Waals surface area contributed by atoms with Crippen molar-refractivity contribution in [3.05, 3.63) is 35.2 Å². The first-order valence-electron chi connectivity index (χ1n) is 8.94. The molecule has 1 saturated heterocycles. The maximum atomic E-state index is 12.0. The standard InChI is InChI=1S/C16H20N4O3S.C2H2O4/c1-12-11-24-16(17-12)18-15(22)10-20-6-4-19(5-7-20)9-13(21)14-3-2-8-23-14;3-1(4)2(5)6/h2-3,8,11H,4-7,9-10H2,1H3,(H,17,18,22);(H,3,4)(H,5,6). The van der Waals surface area contributed by atoms with E-state index in [0.717, 1.165) is 31.9 Å². The smallest absolute Gasteiger partial charge is 0.414 e. The number of rotatable bonds is 6. The lowest BCUT2D eigenvalue weighted by atomic mass is 10.2. The van der Waals surface area contributed by atoms with Gasteiger partial charge in [-0.05, 0) is 19.1 Å². The van der Waals surface area contributed by atoms with E-state index < -0.39 is 11.9 Å². The Morgan fingerprint density at radius 2 is 1.70 bits per heavy atom.